The minimum atomic E-state index is 0.0355. The normalized spacial score (nSPS) is 20.6. The molecule has 0 aliphatic carbocycles. The Labute approximate surface area is 99.4 Å². The van der Waals surface area contributed by atoms with Gasteiger partial charge in [-0.1, -0.05) is 6.07 Å². The van der Waals surface area contributed by atoms with E-state index in [4.69, 9.17) is 9.47 Å². The van der Waals surface area contributed by atoms with Crippen LogP contribution >= 0.6 is 0 Å². The van der Waals surface area contributed by atoms with Gasteiger partial charge in [0.1, 0.15) is 11.8 Å². The lowest BCUT2D eigenvalue weighted by Gasteiger charge is -2.21. The highest BCUT2D eigenvalue weighted by Gasteiger charge is 2.19. The zero-order valence-corrected chi connectivity index (χ0v) is 9.72. The number of aromatic nitrogens is 2. The predicted octanol–water partition coefficient (Wildman–Crippen LogP) is 1.00. The van der Waals surface area contributed by atoms with Crippen LogP contribution in [-0.4, -0.2) is 36.2 Å². The number of morpholine rings is 1. The van der Waals surface area contributed by atoms with Gasteiger partial charge in [-0.2, -0.15) is 0 Å². The molecule has 1 aliphatic heterocycles. The Hall–Kier alpha value is -1.59. The van der Waals surface area contributed by atoms with Gasteiger partial charge in [-0.3, -0.25) is 4.40 Å². The maximum absolute atomic E-state index is 5.69. The van der Waals surface area contributed by atoms with Gasteiger partial charge >= 0.3 is 0 Å². The third kappa shape index (κ3) is 1.87. The molecular weight excluding hydrogens is 218 g/mol. The second-order valence-electron chi connectivity index (χ2n) is 4.03. The van der Waals surface area contributed by atoms with Gasteiger partial charge in [-0.05, 0) is 12.1 Å². The molecule has 5 nitrogen and oxygen atoms in total. The van der Waals surface area contributed by atoms with Crippen LogP contribution in [0.3, 0.4) is 0 Å². The SMILES string of the molecule is COc1cccc2nc(C3CNCCO3)cn12. The second-order valence-corrected chi connectivity index (χ2v) is 4.03. The van der Waals surface area contributed by atoms with Crippen LogP contribution in [0.25, 0.3) is 5.65 Å². The number of nitrogens with zero attached hydrogens (tertiary/aromatic N) is 2. The number of imidazole rings is 1. The summed E-state index contributed by atoms with van der Waals surface area (Å²) in [5.74, 6) is 0.782. The van der Waals surface area contributed by atoms with Crippen molar-refractivity contribution >= 4 is 5.65 Å². The van der Waals surface area contributed by atoms with E-state index in [2.05, 4.69) is 10.3 Å². The number of ether oxygens (including phenoxy) is 2. The summed E-state index contributed by atoms with van der Waals surface area (Å²) in [6.45, 7) is 2.45. The molecule has 90 valence electrons. The first-order valence-corrected chi connectivity index (χ1v) is 5.73. The highest BCUT2D eigenvalue weighted by atomic mass is 16.5. The first kappa shape index (κ1) is 10.6. The third-order valence-corrected chi connectivity index (χ3v) is 2.94. The van der Waals surface area contributed by atoms with Gasteiger partial charge in [0.25, 0.3) is 0 Å². The zero-order chi connectivity index (χ0) is 11.7. The zero-order valence-electron chi connectivity index (χ0n) is 9.72. The van der Waals surface area contributed by atoms with Crippen molar-refractivity contribution in [1.82, 2.24) is 14.7 Å². The summed E-state index contributed by atoms with van der Waals surface area (Å²) in [5.41, 5.74) is 1.83. The molecule has 3 heterocycles. The maximum atomic E-state index is 5.69. The van der Waals surface area contributed by atoms with Crippen LogP contribution in [0.2, 0.25) is 0 Å². The lowest BCUT2D eigenvalue weighted by molar-refractivity contribution is 0.0253. The second kappa shape index (κ2) is 4.35. The number of nitrogens with one attached hydrogen (secondary N) is 1. The number of pyridine rings is 1. The molecular formula is C12H15N3O2. The Bertz CT molecular complexity index is 517. The lowest BCUT2D eigenvalue weighted by Crippen LogP contribution is -2.33. The molecule has 1 atom stereocenters. The Morgan fingerprint density at radius 2 is 2.47 bits per heavy atom. The fourth-order valence-corrected chi connectivity index (χ4v) is 2.08. The van der Waals surface area contributed by atoms with Crippen molar-refractivity contribution in [3.05, 3.63) is 30.1 Å². The van der Waals surface area contributed by atoms with Crippen LogP contribution in [0.5, 0.6) is 5.88 Å². The Morgan fingerprint density at radius 1 is 1.53 bits per heavy atom. The molecule has 2 aromatic heterocycles. The lowest BCUT2D eigenvalue weighted by atomic mass is 10.2. The molecule has 0 bridgehead atoms. The average molecular weight is 233 g/mol. The number of hydrogen-bond acceptors (Lipinski definition) is 4. The van der Waals surface area contributed by atoms with E-state index in [0.29, 0.717) is 0 Å². The summed E-state index contributed by atoms with van der Waals surface area (Å²) >= 11 is 0. The molecule has 2 aromatic rings. The van der Waals surface area contributed by atoms with E-state index in [1.54, 1.807) is 7.11 Å². The highest BCUT2D eigenvalue weighted by Crippen LogP contribution is 2.21. The van der Waals surface area contributed by atoms with E-state index in [1.807, 2.05) is 28.8 Å². The molecule has 1 N–H and O–H groups in total. The van der Waals surface area contributed by atoms with E-state index in [-0.39, 0.29) is 6.10 Å². The van der Waals surface area contributed by atoms with Crippen LogP contribution in [0.1, 0.15) is 11.8 Å². The van der Waals surface area contributed by atoms with Crippen LogP contribution in [-0.2, 0) is 4.74 Å². The first-order valence-electron chi connectivity index (χ1n) is 5.73. The maximum Gasteiger partial charge on any atom is 0.198 e. The van der Waals surface area contributed by atoms with Gasteiger partial charge in [0.05, 0.1) is 19.4 Å². The molecule has 1 unspecified atom stereocenters. The van der Waals surface area contributed by atoms with Crippen molar-refractivity contribution in [2.24, 2.45) is 0 Å². The number of hydrogen-bond donors (Lipinski definition) is 1. The van der Waals surface area contributed by atoms with Crippen molar-refractivity contribution < 1.29 is 9.47 Å². The van der Waals surface area contributed by atoms with Crippen molar-refractivity contribution in [2.75, 3.05) is 26.8 Å². The minimum Gasteiger partial charge on any atom is -0.482 e. The number of methoxy groups -OCH3 is 1. The highest BCUT2D eigenvalue weighted by molar-refractivity contribution is 5.44. The minimum absolute atomic E-state index is 0.0355. The summed E-state index contributed by atoms with van der Waals surface area (Å²) in [5, 5.41) is 3.30. The van der Waals surface area contributed by atoms with Crippen LogP contribution in [0.15, 0.2) is 24.4 Å². The van der Waals surface area contributed by atoms with Gasteiger partial charge in [0.2, 0.25) is 0 Å². The summed E-state index contributed by atoms with van der Waals surface area (Å²) in [6.07, 6.45) is 2.01. The standard InChI is InChI=1S/C12H15N3O2/c1-16-12-4-2-3-11-14-9(8-15(11)12)10-7-13-5-6-17-10/h2-4,8,10,13H,5-7H2,1H3. The van der Waals surface area contributed by atoms with E-state index < -0.39 is 0 Å². The van der Waals surface area contributed by atoms with E-state index in [0.717, 1.165) is 36.9 Å². The van der Waals surface area contributed by atoms with E-state index in [9.17, 15) is 0 Å². The predicted molar refractivity (Wildman–Crippen MR) is 63.3 cm³/mol. The fraction of sp³-hybridized carbons (Fsp3) is 0.417. The third-order valence-electron chi connectivity index (χ3n) is 2.94. The summed E-state index contributed by atoms with van der Waals surface area (Å²) < 4.78 is 12.9. The summed E-state index contributed by atoms with van der Waals surface area (Å²) in [4.78, 5) is 4.56. The molecule has 1 saturated heterocycles. The van der Waals surface area contributed by atoms with Gasteiger partial charge in [0.15, 0.2) is 5.88 Å². The molecule has 0 amide bonds. The van der Waals surface area contributed by atoms with Gasteiger partial charge in [-0.15, -0.1) is 0 Å². The Morgan fingerprint density at radius 3 is 3.24 bits per heavy atom. The molecule has 0 radical (unpaired) electrons. The van der Waals surface area contributed by atoms with Crippen molar-refractivity contribution in [2.45, 2.75) is 6.10 Å². The quantitative estimate of drug-likeness (QED) is 0.840. The molecule has 5 heteroatoms. The van der Waals surface area contributed by atoms with Crippen LogP contribution < -0.4 is 10.1 Å². The van der Waals surface area contributed by atoms with Crippen LogP contribution in [0.4, 0.5) is 0 Å². The average Bonchev–Trinajstić information content (AvgIpc) is 2.83. The monoisotopic (exact) mass is 233 g/mol. The van der Waals surface area contributed by atoms with E-state index >= 15 is 0 Å². The molecule has 0 saturated carbocycles. The topological polar surface area (TPSA) is 47.8 Å². The number of fused-ring (bicyclic) bond motifs is 1. The van der Waals surface area contributed by atoms with Gasteiger partial charge in [0, 0.05) is 19.3 Å². The number of rotatable bonds is 2. The van der Waals surface area contributed by atoms with Gasteiger partial charge < -0.3 is 14.8 Å². The Kier molecular flexibility index (Phi) is 2.70. The molecule has 1 aliphatic rings. The van der Waals surface area contributed by atoms with Crippen molar-refractivity contribution in [1.29, 1.82) is 0 Å². The fourth-order valence-electron chi connectivity index (χ4n) is 2.08. The van der Waals surface area contributed by atoms with Crippen molar-refractivity contribution in [3.8, 4) is 5.88 Å². The van der Waals surface area contributed by atoms with E-state index in [1.165, 1.54) is 0 Å². The summed E-state index contributed by atoms with van der Waals surface area (Å²) in [6, 6.07) is 5.81. The largest absolute Gasteiger partial charge is 0.482 e. The molecule has 0 aromatic carbocycles. The molecule has 3 rings (SSSR count). The van der Waals surface area contributed by atoms with Crippen LogP contribution in [0, 0.1) is 0 Å². The van der Waals surface area contributed by atoms with Gasteiger partial charge in [-0.25, -0.2) is 4.98 Å². The van der Waals surface area contributed by atoms with Crippen molar-refractivity contribution in [3.63, 3.8) is 0 Å². The molecule has 1 fully saturated rings. The summed E-state index contributed by atoms with van der Waals surface area (Å²) in [7, 11) is 1.66. The molecule has 17 heavy (non-hydrogen) atoms. The Balaban J connectivity index is 2.00. The smallest absolute Gasteiger partial charge is 0.198 e. The first-order chi connectivity index (χ1) is 8.38. The molecule has 0 spiro atoms.